The molecule has 1 aliphatic heterocycles. The van der Waals surface area contributed by atoms with Gasteiger partial charge in [-0.25, -0.2) is 0 Å². The summed E-state index contributed by atoms with van der Waals surface area (Å²) >= 11 is 0. The van der Waals surface area contributed by atoms with E-state index >= 15 is 0 Å². The van der Waals surface area contributed by atoms with Gasteiger partial charge in [0.1, 0.15) is 5.60 Å². The molecular weight excluding hydrogens is 302 g/mol. The second-order valence-electron chi connectivity index (χ2n) is 6.29. The van der Waals surface area contributed by atoms with Crippen LogP contribution in [0, 0.1) is 0 Å². The quantitative estimate of drug-likeness (QED) is 0.940. The Balaban J connectivity index is 2.00. The highest BCUT2D eigenvalue weighted by Crippen LogP contribution is 2.38. The Bertz CT molecular complexity index is 664. The number of carbonyl (C=O) groups excluding carboxylic acids is 1. The normalized spacial score (nSPS) is 18.7. The zero-order chi connectivity index (χ0) is 17.0. The van der Waals surface area contributed by atoms with Gasteiger partial charge >= 0.3 is 0 Å². The van der Waals surface area contributed by atoms with E-state index in [2.05, 4.69) is 0 Å². The molecule has 24 heavy (non-hydrogen) atoms. The van der Waals surface area contributed by atoms with Gasteiger partial charge in [-0.15, -0.1) is 0 Å². The van der Waals surface area contributed by atoms with E-state index < -0.39 is 11.5 Å². The first-order chi connectivity index (χ1) is 11.6. The van der Waals surface area contributed by atoms with Crippen LogP contribution in [0.15, 0.2) is 60.7 Å². The Morgan fingerprint density at radius 2 is 1.58 bits per heavy atom. The Kier molecular flexibility index (Phi) is 4.97. The lowest BCUT2D eigenvalue weighted by molar-refractivity contribution is -0.143. The molecule has 1 N–H and O–H groups in total. The van der Waals surface area contributed by atoms with Crippen LogP contribution < -0.4 is 0 Å². The first kappa shape index (κ1) is 16.7. The van der Waals surface area contributed by atoms with Gasteiger partial charge in [0.25, 0.3) is 0 Å². The highest BCUT2D eigenvalue weighted by Gasteiger charge is 2.42. The van der Waals surface area contributed by atoms with E-state index in [0.717, 1.165) is 11.1 Å². The molecule has 1 amide bonds. The van der Waals surface area contributed by atoms with Crippen molar-refractivity contribution >= 4 is 5.91 Å². The number of aliphatic hydroxyl groups is 1. The molecule has 4 nitrogen and oxygen atoms in total. The van der Waals surface area contributed by atoms with Crippen molar-refractivity contribution in [3.05, 3.63) is 71.8 Å². The number of nitrogens with zero attached hydrogens (tertiary/aromatic N) is 1. The molecule has 0 bridgehead atoms. The molecule has 1 aliphatic rings. The smallest absolute Gasteiger partial charge is 0.233 e. The number of morpholine rings is 1. The van der Waals surface area contributed by atoms with Crippen LogP contribution >= 0.6 is 0 Å². The summed E-state index contributed by atoms with van der Waals surface area (Å²) in [6.07, 6.45) is 0. The largest absolute Gasteiger partial charge is 0.384 e. The molecule has 2 atom stereocenters. The molecule has 4 heteroatoms. The molecule has 0 aliphatic carbocycles. The highest BCUT2D eigenvalue weighted by molar-refractivity contribution is 5.85. The van der Waals surface area contributed by atoms with Gasteiger partial charge in [0, 0.05) is 13.1 Å². The van der Waals surface area contributed by atoms with E-state index in [9.17, 15) is 9.90 Å². The first-order valence-electron chi connectivity index (χ1n) is 8.30. The zero-order valence-electron chi connectivity index (χ0n) is 13.9. The van der Waals surface area contributed by atoms with E-state index in [1.165, 1.54) is 0 Å². The topological polar surface area (TPSA) is 49.8 Å². The highest BCUT2D eigenvalue weighted by atomic mass is 16.5. The third-order valence-corrected chi connectivity index (χ3v) is 4.62. The van der Waals surface area contributed by atoms with Gasteiger partial charge in [0.15, 0.2) is 0 Å². The monoisotopic (exact) mass is 325 g/mol. The summed E-state index contributed by atoms with van der Waals surface area (Å²) in [4.78, 5) is 15.0. The number of ether oxygens (including phenoxy) is 1. The van der Waals surface area contributed by atoms with Gasteiger partial charge in [-0.1, -0.05) is 60.7 Å². The molecule has 0 aromatic heterocycles. The molecule has 2 aromatic carbocycles. The third-order valence-electron chi connectivity index (χ3n) is 4.62. The van der Waals surface area contributed by atoms with Crippen molar-refractivity contribution in [1.29, 1.82) is 0 Å². The predicted octanol–water partition coefficient (Wildman–Crippen LogP) is 2.54. The summed E-state index contributed by atoms with van der Waals surface area (Å²) in [5.74, 6) is -0.711. The summed E-state index contributed by atoms with van der Waals surface area (Å²) in [7, 11) is 0. The van der Waals surface area contributed by atoms with Gasteiger partial charge in [-0.3, -0.25) is 4.79 Å². The Morgan fingerprint density at radius 3 is 2.17 bits per heavy atom. The van der Waals surface area contributed by atoms with E-state index in [0.29, 0.717) is 26.3 Å². The molecule has 0 unspecified atom stereocenters. The summed E-state index contributed by atoms with van der Waals surface area (Å²) in [6.45, 7) is 3.93. The van der Waals surface area contributed by atoms with E-state index in [1.807, 2.05) is 60.7 Å². The molecule has 3 rings (SSSR count). The van der Waals surface area contributed by atoms with Crippen LogP contribution in [0.25, 0.3) is 0 Å². The van der Waals surface area contributed by atoms with Gasteiger partial charge in [-0.05, 0) is 18.1 Å². The molecule has 1 heterocycles. The molecule has 0 radical (unpaired) electrons. The Hall–Kier alpha value is -2.17. The van der Waals surface area contributed by atoms with Crippen molar-refractivity contribution in [3.8, 4) is 0 Å². The minimum atomic E-state index is -1.29. The molecule has 0 saturated carbocycles. The van der Waals surface area contributed by atoms with Gasteiger partial charge in [0.2, 0.25) is 5.91 Å². The average molecular weight is 325 g/mol. The van der Waals surface area contributed by atoms with Crippen LogP contribution in [0.4, 0.5) is 0 Å². The summed E-state index contributed by atoms with van der Waals surface area (Å²) in [6, 6.07) is 18.9. The van der Waals surface area contributed by atoms with Crippen molar-refractivity contribution < 1.29 is 14.6 Å². The standard InChI is InChI=1S/C20H23NO3/c1-20(23,17-10-6-3-7-11-17)18(16-8-4-2-5-9-16)19(22)21-12-14-24-15-13-21/h2-11,18,23H,12-15H2,1H3/t18-,20-/m0/s1. The SMILES string of the molecule is C[C@](O)(c1ccccc1)[C@H](C(=O)N1CCOCC1)c1ccccc1. The summed E-state index contributed by atoms with van der Waals surface area (Å²) in [5, 5.41) is 11.3. The Morgan fingerprint density at radius 1 is 1.04 bits per heavy atom. The van der Waals surface area contributed by atoms with Gasteiger partial charge < -0.3 is 14.7 Å². The maximum atomic E-state index is 13.2. The molecule has 1 saturated heterocycles. The lowest BCUT2D eigenvalue weighted by Crippen LogP contribution is -2.48. The van der Waals surface area contributed by atoms with Crippen molar-refractivity contribution in [2.45, 2.75) is 18.4 Å². The predicted molar refractivity (Wildman–Crippen MR) is 92.6 cm³/mol. The van der Waals surface area contributed by atoms with Crippen LogP contribution in [-0.4, -0.2) is 42.2 Å². The number of benzene rings is 2. The number of hydrogen-bond acceptors (Lipinski definition) is 3. The Labute approximate surface area is 142 Å². The molecule has 2 aromatic rings. The molecule has 1 fully saturated rings. The number of amides is 1. The molecule has 0 spiro atoms. The van der Waals surface area contributed by atoms with Gasteiger partial charge in [0.05, 0.1) is 19.1 Å². The maximum Gasteiger partial charge on any atom is 0.233 e. The van der Waals surface area contributed by atoms with Crippen molar-refractivity contribution in [1.82, 2.24) is 4.90 Å². The van der Waals surface area contributed by atoms with Crippen molar-refractivity contribution in [2.75, 3.05) is 26.3 Å². The number of carbonyl (C=O) groups is 1. The second kappa shape index (κ2) is 7.16. The zero-order valence-corrected chi connectivity index (χ0v) is 13.9. The van der Waals surface area contributed by atoms with E-state index in [-0.39, 0.29) is 5.91 Å². The van der Waals surface area contributed by atoms with Crippen LogP contribution in [-0.2, 0) is 15.1 Å². The van der Waals surface area contributed by atoms with Crippen LogP contribution in [0.2, 0.25) is 0 Å². The molecular formula is C20H23NO3. The first-order valence-corrected chi connectivity index (χ1v) is 8.30. The van der Waals surface area contributed by atoms with Crippen molar-refractivity contribution in [3.63, 3.8) is 0 Å². The minimum absolute atomic E-state index is 0.0571. The fourth-order valence-electron chi connectivity index (χ4n) is 3.26. The van der Waals surface area contributed by atoms with Crippen LogP contribution in [0.1, 0.15) is 24.0 Å². The van der Waals surface area contributed by atoms with Crippen LogP contribution in [0.3, 0.4) is 0 Å². The minimum Gasteiger partial charge on any atom is -0.384 e. The summed E-state index contributed by atoms with van der Waals surface area (Å²) < 4.78 is 5.35. The number of hydrogen-bond donors (Lipinski definition) is 1. The van der Waals surface area contributed by atoms with Crippen molar-refractivity contribution in [2.24, 2.45) is 0 Å². The van der Waals surface area contributed by atoms with E-state index in [4.69, 9.17) is 4.74 Å². The third kappa shape index (κ3) is 3.35. The molecule has 126 valence electrons. The van der Waals surface area contributed by atoms with Gasteiger partial charge in [-0.2, -0.15) is 0 Å². The average Bonchev–Trinajstić information content (AvgIpc) is 2.64. The number of rotatable bonds is 4. The fraction of sp³-hybridized carbons (Fsp3) is 0.350. The van der Waals surface area contributed by atoms with E-state index in [1.54, 1.807) is 11.8 Å². The lowest BCUT2D eigenvalue weighted by atomic mass is 9.77. The summed E-state index contributed by atoms with van der Waals surface area (Å²) in [5.41, 5.74) is 0.265. The lowest BCUT2D eigenvalue weighted by Gasteiger charge is -2.37. The fourth-order valence-corrected chi connectivity index (χ4v) is 3.26. The maximum absolute atomic E-state index is 13.2. The second-order valence-corrected chi connectivity index (χ2v) is 6.29. The van der Waals surface area contributed by atoms with Crippen LogP contribution in [0.5, 0.6) is 0 Å².